The van der Waals surface area contributed by atoms with Gasteiger partial charge in [-0.25, -0.2) is 0 Å². The van der Waals surface area contributed by atoms with Gasteiger partial charge in [-0.15, -0.1) is 0 Å². The largest absolute Gasteiger partial charge is 0.385 e. The second-order valence-corrected chi connectivity index (χ2v) is 3.89. The monoisotopic (exact) mass is 222 g/mol. The minimum atomic E-state index is -0.364. The van der Waals surface area contributed by atoms with Gasteiger partial charge in [-0.1, -0.05) is 25.8 Å². The number of anilines is 1. The van der Waals surface area contributed by atoms with Crippen LogP contribution in [-0.4, -0.2) is 11.5 Å². The number of nitro benzene ring substituents is 1. The summed E-state index contributed by atoms with van der Waals surface area (Å²) in [4.78, 5) is 10.3. The standard InChI is InChI=1S/C12H18N2O2/c1-3-4-5-8-13-12-9-11(14(15)16)7-6-10(12)2/h6-7,9,13H,3-5,8H2,1-2H3. The summed E-state index contributed by atoms with van der Waals surface area (Å²) < 4.78 is 0. The van der Waals surface area contributed by atoms with Crippen molar-refractivity contribution in [2.75, 3.05) is 11.9 Å². The molecule has 88 valence electrons. The highest BCUT2D eigenvalue weighted by atomic mass is 16.6. The Morgan fingerprint density at radius 2 is 2.12 bits per heavy atom. The van der Waals surface area contributed by atoms with Crippen molar-refractivity contribution in [1.82, 2.24) is 0 Å². The number of nitrogens with one attached hydrogen (secondary N) is 1. The Labute approximate surface area is 95.8 Å². The van der Waals surface area contributed by atoms with Gasteiger partial charge in [0.05, 0.1) is 4.92 Å². The summed E-state index contributed by atoms with van der Waals surface area (Å²) in [6.45, 7) is 4.97. The minimum absolute atomic E-state index is 0.142. The van der Waals surface area contributed by atoms with Gasteiger partial charge in [-0.05, 0) is 18.9 Å². The van der Waals surface area contributed by atoms with E-state index in [1.54, 1.807) is 12.1 Å². The molecule has 0 atom stereocenters. The van der Waals surface area contributed by atoms with Crippen LogP contribution in [0, 0.1) is 17.0 Å². The van der Waals surface area contributed by atoms with Crippen molar-refractivity contribution in [2.45, 2.75) is 33.1 Å². The first-order chi connectivity index (χ1) is 7.65. The topological polar surface area (TPSA) is 55.2 Å². The summed E-state index contributed by atoms with van der Waals surface area (Å²) in [5, 5.41) is 13.9. The van der Waals surface area contributed by atoms with E-state index in [0.717, 1.165) is 24.2 Å². The third-order valence-electron chi connectivity index (χ3n) is 2.53. The Hall–Kier alpha value is -1.58. The number of nitrogens with zero attached hydrogens (tertiary/aromatic N) is 1. The predicted octanol–water partition coefficient (Wildman–Crippen LogP) is 3.51. The molecule has 0 aliphatic heterocycles. The van der Waals surface area contributed by atoms with Gasteiger partial charge in [0.2, 0.25) is 0 Å². The Balaban J connectivity index is 2.63. The number of nitro groups is 1. The summed E-state index contributed by atoms with van der Waals surface area (Å²) >= 11 is 0. The molecule has 4 nitrogen and oxygen atoms in total. The third-order valence-corrected chi connectivity index (χ3v) is 2.53. The summed E-state index contributed by atoms with van der Waals surface area (Å²) in [6.07, 6.45) is 3.45. The van der Waals surface area contributed by atoms with E-state index in [2.05, 4.69) is 12.2 Å². The van der Waals surface area contributed by atoms with Gasteiger partial charge < -0.3 is 5.32 Å². The number of benzene rings is 1. The molecule has 1 aromatic carbocycles. The van der Waals surface area contributed by atoms with Crippen LogP contribution in [0.1, 0.15) is 31.7 Å². The fourth-order valence-electron chi connectivity index (χ4n) is 1.51. The molecule has 0 saturated heterocycles. The van der Waals surface area contributed by atoms with Crippen LogP contribution in [0.15, 0.2) is 18.2 Å². The smallest absolute Gasteiger partial charge is 0.271 e. The first-order valence-electron chi connectivity index (χ1n) is 5.64. The molecule has 0 aliphatic carbocycles. The zero-order valence-electron chi connectivity index (χ0n) is 9.82. The van der Waals surface area contributed by atoms with E-state index in [4.69, 9.17) is 0 Å². The Kier molecular flexibility index (Phi) is 4.76. The SMILES string of the molecule is CCCCCNc1cc([N+](=O)[O-])ccc1C. The lowest BCUT2D eigenvalue weighted by atomic mass is 10.1. The average Bonchev–Trinajstić information content (AvgIpc) is 2.26. The van der Waals surface area contributed by atoms with Crippen LogP contribution >= 0.6 is 0 Å². The van der Waals surface area contributed by atoms with E-state index in [1.807, 2.05) is 6.92 Å². The van der Waals surface area contributed by atoms with Gasteiger partial charge >= 0.3 is 0 Å². The first kappa shape index (κ1) is 12.5. The quantitative estimate of drug-likeness (QED) is 0.455. The second kappa shape index (κ2) is 6.10. The maximum absolute atomic E-state index is 10.6. The zero-order valence-corrected chi connectivity index (χ0v) is 9.82. The average molecular weight is 222 g/mol. The highest BCUT2D eigenvalue weighted by Gasteiger charge is 2.07. The zero-order chi connectivity index (χ0) is 12.0. The van der Waals surface area contributed by atoms with Crippen LogP contribution in [0.2, 0.25) is 0 Å². The summed E-state index contributed by atoms with van der Waals surface area (Å²) in [6, 6.07) is 4.91. The van der Waals surface area contributed by atoms with Gasteiger partial charge in [-0.3, -0.25) is 10.1 Å². The van der Waals surface area contributed by atoms with Crippen molar-refractivity contribution in [3.8, 4) is 0 Å². The maximum Gasteiger partial charge on any atom is 0.271 e. The van der Waals surface area contributed by atoms with Gasteiger partial charge in [0, 0.05) is 24.4 Å². The molecule has 0 aliphatic rings. The molecule has 4 heteroatoms. The van der Waals surface area contributed by atoms with Gasteiger partial charge in [0.25, 0.3) is 5.69 Å². The number of hydrogen-bond acceptors (Lipinski definition) is 3. The van der Waals surface area contributed by atoms with Crippen molar-refractivity contribution in [3.63, 3.8) is 0 Å². The van der Waals surface area contributed by atoms with E-state index < -0.39 is 0 Å². The fourth-order valence-corrected chi connectivity index (χ4v) is 1.51. The molecule has 16 heavy (non-hydrogen) atoms. The number of rotatable bonds is 6. The van der Waals surface area contributed by atoms with Crippen LogP contribution in [0.25, 0.3) is 0 Å². The van der Waals surface area contributed by atoms with Crippen LogP contribution in [-0.2, 0) is 0 Å². The summed E-state index contributed by atoms with van der Waals surface area (Å²) in [7, 11) is 0. The highest BCUT2D eigenvalue weighted by molar-refractivity contribution is 5.56. The molecular weight excluding hydrogens is 204 g/mol. The molecule has 0 radical (unpaired) electrons. The van der Waals surface area contributed by atoms with Gasteiger partial charge in [0.1, 0.15) is 0 Å². The Bertz CT molecular complexity index is 364. The number of aryl methyl sites for hydroxylation is 1. The molecule has 1 N–H and O–H groups in total. The van der Waals surface area contributed by atoms with E-state index in [0.29, 0.717) is 0 Å². The van der Waals surface area contributed by atoms with E-state index >= 15 is 0 Å². The molecule has 1 rings (SSSR count). The van der Waals surface area contributed by atoms with Crippen molar-refractivity contribution < 1.29 is 4.92 Å². The molecule has 0 unspecified atom stereocenters. The molecule has 0 saturated carbocycles. The molecule has 0 heterocycles. The van der Waals surface area contributed by atoms with E-state index in [1.165, 1.54) is 18.9 Å². The Morgan fingerprint density at radius 1 is 1.38 bits per heavy atom. The molecule has 0 amide bonds. The van der Waals surface area contributed by atoms with Gasteiger partial charge in [0.15, 0.2) is 0 Å². The number of hydrogen-bond donors (Lipinski definition) is 1. The molecule has 0 fully saturated rings. The first-order valence-corrected chi connectivity index (χ1v) is 5.64. The van der Waals surface area contributed by atoms with Crippen LogP contribution < -0.4 is 5.32 Å². The molecule has 0 aromatic heterocycles. The maximum atomic E-state index is 10.6. The van der Waals surface area contributed by atoms with Crippen molar-refractivity contribution in [2.24, 2.45) is 0 Å². The van der Waals surface area contributed by atoms with Crippen molar-refractivity contribution in [3.05, 3.63) is 33.9 Å². The number of non-ortho nitro benzene ring substituents is 1. The minimum Gasteiger partial charge on any atom is -0.385 e. The van der Waals surface area contributed by atoms with Crippen LogP contribution in [0.4, 0.5) is 11.4 Å². The van der Waals surface area contributed by atoms with Gasteiger partial charge in [-0.2, -0.15) is 0 Å². The number of unbranched alkanes of at least 4 members (excludes halogenated alkanes) is 2. The Morgan fingerprint density at radius 3 is 2.75 bits per heavy atom. The normalized spacial score (nSPS) is 10.1. The lowest BCUT2D eigenvalue weighted by Gasteiger charge is -2.08. The van der Waals surface area contributed by atoms with E-state index in [9.17, 15) is 10.1 Å². The summed E-state index contributed by atoms with van der Waals surface area (Å²) in [5.74, 6) is 0. The van der Waals surface area contributed by atoms with Crippen molar-refractivity contribution >= 4 is 11.4 Å². The van der Waals surface area contributed by atoms with Crippen LogP contribution in [0.5, 0.6) is 0 Å². The van der Waals surface area contributed by atoms with E-state index in [-0.39, 0.29) is 10.6 Å². The van der Waals surface area contributed by atoms with Crippen molar-refractivity contribution in [1.29, 1.82) is 0 Å². The molecule has 1 aromatic rings. The lowest BCUT2D eigenvalue weighted by Crippen LogP contribution is -2.03. The third kappa shape index (κ3) is 3.53. The predicted molar refractivity (Wildman–Crippen MR) is 65.8 cm³/mol. The summed E-state index contributed by atoms with van der Waals surface area (Å²) in [5.41, 5.74) is 2.05. The molecule has 0 bridgehead atoms. The molecular formula is C12H18N2O2. The second-order valence-electron chi connectivity index (χ2n) is 3.89. The van der Waals surface area contributed by atoms with Crippen LogP contribution in [0.3, 0.4) is 0 Å². The lowest BCUT2D eigenvalue weighted by molar-refractivity contribution is -0.384. The molecule has 0 spiro atoms. The highest BCUT2D eigenvalue weighted by Crippen LogP contribution is 2.21. The fraction of sp³-hybridized carbons (Fsp3) is 0.500.